The summed E-state index contributed by atoms with van der Waals surface area (Å²) < 4.78 is 5.11. The fraction of sp³-hybridized carbons (Fsp3) is 0.0952. The Bertz CT molecular complexity index is 973. The summed E-state index contributed by atoms with van der Waals surface area (Å²) in [4.78, 5) is 28.8. The predicted octanol–water partition coefficient (Wildman–Crippen LogP) is 3.93. The molecule has 0 bridgehead atoms. The molecule has 2 aromatic carbocycles. The number of aromatic nitrogens is 1. The van der Waals surface area contributed by atoms with Crippen LogP contribution in [-0.2, 0) is 6.54 Å². The first-order chi connectivity index (χ1) is 13.5. The average Bonchev–Trinajstić information content (AvgIpc) is 2.74. The van der Waals surface area contributed by atoms with E-state index in [1.54, 1.807) is 37.4 Å². The molecule has 2 amide bonds. The third-order valence-corrected chi connectivity index (χ3v) is 4.22. The minimum absolute atomic E-state index is 0.145. The lowest BCUT2D eigenvalue weighted by Gasteiger charge is -2.08. The molecule has 0 fully saturated rings. The number of pyridine rings is 1. The lowest BCUT2D eigenvalue weighted by molar-refractivity contribution is 0.0951. The average molecular weight is 396 g/mol. The fourth-order valence-electron chi connectivity index (χ4n) is 2.45. The van der Waals surface area contributed by atoms with Crippen LogP contribution < -0.4 is 15.4 Å². The number of methoxy groups -OCH3 is 1. The van der Waals surface area contributed by atoms with Crippen LogP contribution in [0.4, 0.5) is 5.69 Å². The number of hydrogen-bond acceptors (Lipinski definition) is 4. The first-order valence-electron chi connectivity index (χ1n) is 8.49. The lowest BCUT2D eigenvalue weighted by atomic mass is 10.2. The molecule has 2 N–H and O–H groups in total. The van der Waals surface area contributed by atoms with E-state index >= 15 is 0 Å². The largest absolute Gasteiger partial charge is 0.497 e. The highest BCUT2D eigenvalue weighted by molar-refractivity contribution is 6.30. The summed E-state index contributed by atoms with van der Waals surface area (Å²) in [6.07, 6.45) is 1.43. The number of nitrogens with one attached hydrogen (secondary N) is 2. The first kappa shape index (κ1) is 19.4. The van der Waals surface area contributed by atoms with Crippen LogP contribution in [0, 0.1) is 0 Å². The summed E-state index contributed by atoms with van der Waals surface area (Å²) >= 11 is 5.83. The maximum atomic E-state index is 12.4. The molecule has 0 aliphatic carbocycles. The molecular formula is C21H18ClN3O3. The van der Waals surface area contributed by atoms with Gasteiger partial charge in [0.15, 0.2) is 0 Å². The van der Waals surface area contributed by atoms with Gasteiger partial charge in [-0.15, -0.1) is 0 Å². The van der Waals surface area contributed by atoms with Crippen molar-refractivity contribution in [2.75, 3.05) is 12.4 Å². The second-order valence-electron chi connectivity index (χ2n) is 5.92. The van der Waals surface area contributed by atoms with Gasteiger partial charge in [-0.1, -0.05) is 23.7 Å². The van der Waals surface area contributed by atoms with Crippen LogP contribution in [0.25, 0.3) is 0 Å². The zero-order valence-electron chi connectivity index (χ0n) is 15.1. The van der Waals surface area contributed by atoms with Crippen LogP contribution in [0.2, 0.25) is 5.02 Å². The number of rotatable bonds is 6. The summed E-state index contributed by atoms with van der Waals surface area (Å²) in [6.45, 7) is 0.359. The van der Waals surface area contributed by atoms with E-state index < -0.39 is 5.91 Å². The molecule has 0 unspecified atom stereocenters. The zero-order valence-corrected chi connectivity index (χ0v) is 15.9. The molecule has 3 rings (SSSR count). The standard InChI is InChI=1S/C21H18ClN3O3/c1-28-18-8-2-14(3-9-18)13-24-20(26)15-10-11-23-19(12-15)21(27)25-17-6-4-16(22)5-7-17/h2-12H,13H2,1H3,(H,24,26)(H,25,27). The predicted molar refractivity (Wildman–Crippen MR) is 108 cm³/mol. The van der Waals surface area contributed by atoms with Gasteiger partial charge in [0.25, 0.3) is 11.8 Å². The van der Waals surface area contributed by atoms with E-state index in [0.717, 1.165) is 11.3 Å². The summed E-state index contributed by atoms with van der Waals surface area (Å²) in [5.41, 5.74) is 2.02. The Hall–Kier alpha value is -3.38. The maximum absolute atomic E-state index is 12.4. The normalized spacial score (nSPS) is 10.2. The van der Waals surface area contributed by atoms with E-state index in [2.05, 4.69) is 15.6 Å². The van der Waals surface area contributed by atoms with Gasteiger partial charge in [-0.3, -0.25) is 14.6 Å². The van der Waals surface area contributed by atoms with E-state index in [4.69, 9.17) is 16.3 Å². The number of benzene rings is 2. The van der Waals surface area contributed by atoms with Gasteiger partial charge in [0.1, 0.15) is 11.4 Å². The van der Waals surface area contributed by atoms with Crippen molar-refractivity contribution in [1.82, 2.24) is 10.3 Å². The maximum Gasteiger partial charge on any atom is 0.274 e. The van der Waals surface area contributed by atoms with Crippen LogP contribution in [-0.4, -0.2) is 23.9 Å². The van der Waals surface area contributed by atoms with E-state index in [1.165, 1.54) is 12.3 Å². The number of hydrogen-bond donors (Lipinski definition) is 2. The van der Waals surface area contributed by atoms with E-state index in [0.29, 0.717) is 22.8 Å². The zero-order chi connectivity index (χ0) is 19.9. The monoisotopic (exact) mass is 395 g/mol. The van der Waals surface area contributed by atoms with E-state index in [-0.39, 0.29) is 11.6 Å². The summed E-state index contributed by atoms with van der Waals surface area (Å²) in [7, 11) is 1.60. The van der Waals surface area contributed by atoms with Gasteiger partial charge >= 0.3 is 0 Å². The van der Waals surface area contributed by atoms with Gasteiger partial charge in [0.2, 0.25) is 0 Å². The van der Waals surface area contributed by atoms with Crippen molar-refractivity contribution in [2.45, 2.75) is 6.54 Å². The first-order valence-corrected chi connectivity index (χ1v) is 8.87. The van der Waals surface area contributed by atoms with Crippen molar-refractivity contribution in [1.29, 1.82) is 0 Å². The van der Waals surface area contributed by atoms with Crippen LogP contribution in [0.5, 0.6) is 5.75 Å². The molecule has 0 atom stereocenters. The van der Waals surface area contributed by atoms with Gasteiger partial charge in [0.05, 0.1) is 7.11 Å². The number of ether oxygens (including phenoxy) is 1. The molecule has 0 aliphatic rings. The molecule has 6 nitrogen and oxygen atoms in total. The van der Waals surface area contributed by atoms with Gasteiger partial charge in [-0.25, -0.2) is 0 Å². The topological polar surface area (TPSA) is 80.3 Å². The molecule has 28 heavy (non-hydrogen) atoms. The molecule has 1 aromatic heterocycles. The number of amides is 2. The number of halogens is 1. The van der Waals surface area contributed by atoms with Crippen molar-refractivity contribution in [3.05, 3.63) is 88.7 Å². The van der Waals surface area contributed by atoms with Crippen LogP contribution in [0.15, 0.2) is 66.9 Å². The van der Waals surface area contributed by atoms with Crippen molar-refractivity contribution in [3.8, 4) is 5.75 Å². The highest BCUT2D eigenvalue weighted by Crippen LogP contribution is 2.15. The van der Waals surface area contributed by atoms with E-state index in [9.17, 15) is 9.59 Å². The molecular weight excluding hydrogens is 378 g/mol. The fourth-order valence-corrected chi connectivity index (χ4v) is 2.58. The van der Waals surface area contributed by atoms with Crippen molar-refractivity contribution < 1.29 is 14.3 Å². The number of carbonyl (C=O) groups is 2. The Balaban J connectivity index is 1.63. The molecule has 0 saturated heterocycles. The third kappa shape index (κ3) is 5.08. The Labute approximate surface area is 167 Å². The van der Waals surface area contributed by atoms with Crippen molar-refractivity contribution in [3.63, 3.8) is 0 Å². The number of carbonyl (C=O) groups excluding carboxylic acids is 2. The van der Waals surface area contributed by atoms with Gasteiger partial charge in [0, 0.05) is 29.0 Å². The van der Waals surface area contributed by atoms with E-state index in [1.807, 2.05) is 24.3 Å². The Morgan fingerprint density at radius 3 is 2.39 bits per heavy atom. The Morgan fingerprint density at radius 2 is 1.71 bits per heavy atom. The van der Waals surface area contributed by atoms with Crippen molar-refractivity contribution in [2.24, 2.45) is 0 Å². The molecule has 142 valence electrons. The summed E-state index contributed by atoms with van der Waals surface area (Å²) in [5.74, 6) is 0.0476. The van der Waals surface area contributed by atoms with Gasteiger partial charge in [-0.2, -0.15) is 0 Å². The molecule has 0 spiro atoms. The van der Waals surface area contributed by atoms with Gasteiger partial charge < -0.3 is 15.4 Å². The van der Waals surface area contributed by atoms with Gasteiger partial charge in [-0.05, 0) is 54.1 Å². The quantitative estimate of drug-likeness (QED) is 0.662. The molecule has 0 saturated carbocycles. The molecule has 1 heterocycles. The Morgan fingerprint density at radius 1 is 1.00 bits per heavy atom. The Kier molecular flexibility index (Phi) is 6.24. The van der Waals surface area contributed by atoms with Crippen LogP contribution in [0.3, 0.4) is 0 Å². The van der Waals surface area contributed by atoms with Crippen LogP contribution in [0.1, 0.15) is 26.4 Å². The third-order valence-electron chi connectivity index (χ3n) is 3.97. The molecule has 7 heteroatoms. The minimum atomic E-state index is -0.410. The lowest BCUT2D eigenvalue weighted by Crippen LogP contribution is -2.23. The van der Waals surface area contributed by atoms with Crippen LogP contribution >= 0.6 is 11.6 Å². The highest BCUT2D eigenvalue weighted by Gasteiger charge is 2.12. The molecule has 0 aliphatic heterocycles. The second kappa shape index (κ2) is 9.01. The summed E-state index contributed by atoms with van der Waals surface area (Å²) in [6, 6.07) is 17.1. The number of anilines is 1. The molecule has 3 aromatic rings. The molecule has 0 radical (unpaired) electrons. The second-order valence-corrected chi connectivity index (χ2v) is 6.36. The summed E-state index contributed by atoms with van der Waals surface area (Å²) in [5, 5.41) is 6.11. The SMILES string of the molecule is COc1ccc(CNC(=O)c2ccnc(C(=O)Nc3ccc(Cl)cc3)c2)cc1. The smallest absolute Gasteiger partial charge is 0.274 e. The van der Waals surface area contributed by atoms with Crippen molar-refractivity contribution >= 4 is 29.1 Å². The highest BCUT2D eigenvalue weighted by atomic mass is 35.5. The number of nitrogens with zero attached hydrogens (tertiary/aromatic N) is 1. The minimum Gasteiger partial charge on any atom is -0.497 e.